The second kappa shape index (κ2) is 9.24. The molecule has 9 nitrogen and oxygen atoms in total. The average Bonchev–Trinajstić information content (AvgIpc) is 3.08. The van der Waals surface area contributed by atoms with Crippen LogP contribution in [0.3, 0.4) is 0 Å². The van der Waals surface area contributed by atoms with Gasteiger partial charge in [-0.1, -0.05) is 20.8 Å². The second-order valence-electron chi connectivity index (χ2n) is 8.65. The zero-order valence-corrected chi connectivity index (χ0v) is 17.0. The van der Waals surface area contributed by atoms with Crippen molar-refractivity contribution in [2.45, 2.75) is 64.5 Å². The summed E-state index contributed by atoms with van der Waals surface area (Å²) < 4.78 is 5.32. The van der Waals surface area contributed by atoms with Gasteiger partial charge in [-0.2, -0.15) is 5.26 Å². The fraction of sp³-hybridized carbons (Fsp3) is 0.789. The van der Waals surface area contributed by atoms with Gasteiger partial charge in [-0.3, -0.25) is 10.1 Å². The van der Waals surface area contributed by atoms with E-state index in [-0.39, 0.29) is 17.3 Å². The van der Waals surface area contributed by atoms with Gasteiger partial charge in [0.05, 0.1) is 19.3 Å². The van der Waals surface area contributed by atoms with E-state index in [0.29, 0.717) is 45.6 Å². The van der Waals surface area contributed by atoms with Crippen LogP contribution in [0.4, 0.5) is 4.79 Å². The Labute approximate surface area is 166 Å². The van der Waals surface area contributed by atoms with Crippen molar-refractivity contribution in [2.24, 2.45) is 10.4 Å². The molecule has 2 aliphatic rings. The van der Waals surface area contributed by atoms with Crippen molar-refractivity contribution in [1.82, 2.24) is 15.5 Å². The molecule has 2 fully saturated rings. The molecule has 0 aromatic rings. The highest BCUT2D eigenvalue weighted by Gasteiger charge is 2.38. The number of nitriles is 1. The predicted octanol–water partition coefficient (Wildman–Crippen LogP) is 1.70. The average molecular weight is 393 g/mol. The number of guanidine groups is 1. The van der Waals surface area contributed by atoms with E-state index >= 15 is 0 Å². The number of hydrogen-bond acceptors (Lipinski definition) is 5. The van der Waals surface area contributed by atoms with Gasteiger partial charge in [-0.05, 0) is 37.5 Å². The number of rotatable bonds is 4. The highest BCUT2D eigenvalue weighted by molar-refractivity contribution is 5.95. The van der Waals surface area contributed by atoms with E-state index in [4.69, 9.17) is 4.74 Å². The van der Waals surface area contributed by atoms with Gasteiger partial charge in [0.25, 0.3) is 0 Å². The van der Waals surface area contributed by atoms with E-state index in [1.165, 1.54) is 0 Å². The van der Waals surface area contributed by atoms with Crippen LogP contribution in [0.5, 0.6) is 0 Å². The molecule has 1 saturated carbocycles. The lowest BCUT2D eigenvalue weighted by Crippen LogP contribution is -2.52. The Kier molecular flexibility index (Phi) is 7.24. The third kappa shape index (κ3) is 6.37. The first-order chi connectivity index (χ1) is 13.1. The number of nitrogens with one attached hydrogen (secondary N) is 2. The highest BCUT2D eigenvalue weighted by Crippen LogP contribution is 2.30. The molecular formula is C19H31N5O4. The first-order valence-corrected chi connectivity index (χ1v) is 9.78. The standard InChI is InChI=1S/C19H31N5O4/c1-18(2,3)12-14(15(25)23-19(13-20)6-4-5-7-19)21-16(22-17(26)27)24-8-10-28-11-9-24/h14H,4-12H2,1-3H3,(H,21,22)(H,23,25)(H,26,27). The summed E-state index contributed by atoms with van der Waals surface area (Å²) in [6, 6.07) is 1.46. The molecule has 1 atom stereocenters. The van der Waals surface area contributed by atoms with Crippen molar-refractivity contribution >= 4 is 18.0 Å². The van der Waals surface area contributed by atoms with Gasteiger partial charge in [0.15, 0.2) is 0 Å². The Morgan fingerprint density at radius 3 is 2.39 bits per heavy atom. The molecule has 0 aromatic carbocycles. The Hall–Kier alpha value is -2.34. The van der Waals surface area contributed by atoms with Crippen molar-refractivity contribution in [1.29, 1.82) is 5.26 Å². The molecule has 0 bridgehead atoms. The van der Waals surface area contributed by atoms with Crippen molar-refractivity contribution in [3.05, 3.63) is 0 Å². The summed E-state index contributed by atoms with van der Waals surface area (Å²) >= 11 is 0. The van der Waals surface area contributed by atoms with Crippen molar-refractivity contribution in [3.63, 3.8) is 0 Å². The molecule has 1 saturated heterocycles. The Morgan fingerprint density at radius 2 is 1.89 bits per heavy atom. The Bertz CT molecular complexity index is 638. The van der Waals surface area contributed by atoms with Gasteiger partial charge in [-0.15, -0.1) is 0 Å². The third-order valence-corrected chi connectivity index (χ3v) is 4.95. The van der Waals surface area contributed by atoms with Crippen molar-refractivity contribution in [2.75, 3.05) is 26.3 Å². The molecular weight excluding hydrogens is 362 g/mol. The van der Waals surface area contributed by atoms with Gasteiger partial charge in [0.1, 0.15) is 11.6 Å². The number of aliphatic imine (C=N–C) groups is 1. The fourth-order valence-corrected chi connectivity index (χ4v) is 3.55. The van der Waals surface area contributed by atoms with Crippen molar-refractivity contribution in [3.8, 4) is 6.07 Å². The zero-order valence-electron chi connectivity index (χ0n) is 17.0. The minimum absolute atomic E-state index is 0.151. The lowest BCUT2D eigenvalue weighted by molar-refractivity contribution is -0.124. The number of amides is 2. The van der Waals surface area contributed by atoms with Gasteiger partial charge < -0.3 is 20.1 Å². The molecule has 1 aliphatic heterocycles. The molecule has 2 amide bonds. The number of carbonyl (C=O) groups excluding carboxylic acids is 1. The monoisotopic (exact) mass is 393 g/mol. The maximum atomic E-state index is 13.1. The second-order valence-corrected chi connectivity index (χ2v) is 8.65. The van der Waals surface area contributed by atoms with Crippen LogP contribution >= 0.6 is 0 Å². The first-order valence-electron chi connectivity index (χ1n) is 9.78. The number of morpholine rings is 1. The summed E-state index contributed by atoms with van der Waals surface area (Å²) in [5.74, 6) is -0.186. The smallest absolute Gasteiger partial charge is 0.411 e. The van der Waals surface area contributed by atoms with Crippen LogP contribution < -0.4 is 10.6 Å². The molecule has 0 radical (unpaired) electrons. The van der Waals surface area contributed by atoms with Crippen LogP contribution in [0, 0.1) is 16.7 Å². The van der Waals surface area contributed by atoms with Crippen LogP contribution in [0.1, 0.15) is 52.9 Å². The molecule has 156 valence electrons. The summed E-state index contributed by atoms with van der Waals surface area (Å²) in [5, 5.41) is 24.0. The van der Waals surface area contributed by atoms with E-state index in [1.807, 2.05) is 20.8 Å². The largest absolute Gasteiger partial charge is 0.465 e. The van der Waals surface area contributed by atoms with E-state index < -0.39 is 17.7 Å². The summed E-state index contributed by atoms with van der Waals surface area (Å²) in [6.07, 6.45) is 2.26. The summed E-state index contributed by atoms with van der Waals surface area (Å²) in [7, 11) is 0. The molecule has 1 heterocycles. The van der Waals surface area contributed by atoms with E-state index in [0.717, 1.165) is 12.8 Å². The van der Waals surface area contributed by atoms with Gasteiger partial charge in [-0.25, -0.2) is 9.79 Å². The first kappa shape index (κ1) is 22.0. The molecule has 2 rings (SSSR count). The Morgan fingerprint density at radius 1 is 1.29 bits per heavy atom. The molecule has 1 aliphatic carbocycles. The number of nitrogens with zero attached hydrogens (tertiary/aromatic N) is 3. The highest BCUT2D eigenvalue weighted by atomic mass is 16.5. The van der Waals surface area contributed by atoms with Crippen LogP contribution in [0.15, 0.2) is 4.99 Å². The van der Waals surface area contributed by atoms with Crippen molar-refractivity contribution < 1.29 is 19.4 Å². The molecule has 28 heavy (non-hydrogen) atoms. The van der Waals surface area contributed by atoms with Gasteiger partial charge in [0.2, 0.25) is 11.9 Å². The van der Waals surface area contributed by atoms with Crippen LogP contribution in [-0.2, 0) is 9.53 Å². The third-order valence-electron chi connectivity index (χ3n) is 4.95. The molecule has 0 spiro atoms. The fourth-order valence-electron chi connectivity index (χ4n) is 3.55. The van der Waals surface area contributed by atoms with Crippen LogP contribution in [0.25, 0.3) is 0 Å². The number of hydrogen-bond donors (Lipinski definition) is 3. The number of ether oxygens (including phenoxy) is 1. The van der Waals surface area contributed by atoms with Crippen LogP contribution in [0.2, 0.25) is 0 Å². The maximum absolute atomic E-state index is 13.1. The SMILES string of the molecule is CC(C)(C)CC(N=C(NC(=O)O)N1CCOCC1)C(=O)NC1(C#N)CCCC1. The lowest BCUT2D eigenvalue weighted by Gasteiger charge is -2.32. The summed E-state index contributed by atoms with van der Waals surface area (Å²) in [5.41, 5.74) is -1.05. The summed E-state index contributed by atoms with van der Waals surface area (Å²) in [6.45, 7) is 7.91. The minimum atomic E-state index is -1.23. The minimum Gasteiger partial charge on any atom is -0.465 e. The van der Waals surface area contributed by atoms with Gasteiger partial charge >= 0.3 is 6.09 Å². The lowest BCUT2D eigenvalue weighted by atomic mass is 9.87. The maximum Gasteiger partial charge on any atom is 0.411 e. The molecule has 3 N–H and O–H groups in total. The van der Waals surface area contributed by atoms with Gasteiger partial charge in [0, 0.05) is 13.1 Å². The van der Waals surface area contributed by atoms with E-state index in [1.54, 1.807) is 4.90 Å². The number of carbonyl (C=O) groups is 2. The molecule has 1 unspecified atom stereocenters. The Balaban J connectivity index is 2.27. The molecule has 9 heteroatoms. The quantitative estimate of drug-likeness (QED) is 0.493. The van der Waals surface area contributed by atoms with E-state index in [9.17, 15) is 20.0 Å². The predicted molar refractivity (Wildman–Crippen MR) is 104 cm³/mol. The normalized spacial score (nSPS) is 20.9. The summed E-state index contributed by atoms with van der Waals surface area (Å²) in [4.78, 5) is 30.6. The number of carboxylic acid groups (broad SMARTS) is 1. The topological polar surface area (TPSA) is 127 Å². The zero-order chi connectivity index (χ0) is 20.8. The van der Waals surface area contributed by atoms with Crippen LogP contribution in [-0.4, -0.2) is 65.9 Å². The van der Waals surface area contributed by atoms with E-state index in [2.05, 4.69) is 21.7 Å². The molecule has 0 aromatic heterocycles.